The maximum atomic E-state index is 13.4. The van der Waals surface area contributed by atoms with Gasteiger partial charge in [0, 0.05) is 25.7 Å². The smallest absolute Gasteiger partial charge is 0.230 e. The summed E-state index contributed by atoms with van der Waals surface area (Å²) in [6.07, 6.45) is 6.76. The summed E-state index contributed by atoms with van der Waals surface area (Å²) in [5.74, 6) is -0.161. The molecule has 8 heteroatoms. The lowest BCUT2D eigenvalue weighted by Crippen LogP contribution is -2.50. The number of aliphatic hydroxyl groups is 1. The Bertz CT molecular complexity index is 694. The third kappa shape index (κ3) is 3.00. The minimum atomic E-state index is -0.622. The fourth-order valence-corrected chi connectivity index (χ4v) is 4.77. The number of anilines is 2. The number of nitrogens with two attached hydrogens (primary N) is 1. The second-order valence-corrected chi connectivity index (χ2v) is 7.92. The number of rotatable bonds is 2. The first-order valence-electron chi connectivity index (χ1n) is 9.51. The molecular formula is C18H26FN5O2. The maximum absolute atomic E-state index is 13.4. The molecule has 2 aliphatic heterocycles. The van der Waals surface area contributed by atoms with Gasteiger partial charge in [-0.2, -0.15) is 4.98 Å². The number of piperidine rings is 1. The Morgan fingerprint density at radius 2 is 2.00 bits per heavy atom. The molecule has 26 heavy (non-hydrogen) atoms. The van der Waals surface area contributed by atoms with Crippen LogP contribution >= 0.6 is 0 Å². The van der Waals surface area contributed by atoms with Crippen LogP contribution in [0.2, 0.25) is 0 Å². The van der Waals surface area contributed by atoms with Gasteiger partial charge in [-0.15, -0.1) is 0 Å². The van der Waals surface area contributed by atoms with Gasteiger partial charge in [-0.3, -0.25) is 4.79 Å². The number of hydrogen-bond donors (Lipinski definition) is 2. The van der Waals surface area contributed by atoms with Crippen LogP contribution in [0.3, 0.4) is 0 Å². The van der Waals surface area contributed by atoms with Crippen LogP contribution in [-0.2, 0) is 4.79 Å². The van der Waals surface area contributed by atoms with Gasteiger partial charge in [-0.25, -0.2) is 9.37 Å². The number of aliphatic hydroxyl groups excluding tert-OH is 1. The van der Waals surface area contributed by atoms with Crippen molar-refractivity contribution in [2.75, 3.05) is 30.3 Å². The predicted molar refractivity (Wildman–Crippen MR) is 94.9 cm³/mol. The van der Waals surface area contributed by atoms with Crippen molar-refractivity contribution in [1.82, 2.24) is 14.9 Å². The van der Waals surface area contributed by atoms with Crippen LogP contribution in [0.15, 0.2) is 6.20 Å². The Balaban J connectivity index is 1.49. The first-order chi connectivity index (χ1) is 12.5. The molecule has 0 bridgehead atoms. The Morgan fingerprint density at radius 1 is 1.23 bits per heavy atom. The number of amides is 1. The van der Waals surface area contributed by atoms with Crippen molar-refractivity contribution in [2.45, 2.75) is 57.1 Å². The summed E-state index contributed by atoms with van der Waals surface area (Å²) >= 11 is 0. The van der Waals surface area contributed by atoms with E-state index < -0.39 is 11.2 Å². The van der Waals surface area contributed by atoms with Crippen molar-refractivity contribution in [3.05, 3.63) is 12.0 Å². The summed E-state index contributed by atoms with van der Waals surface area (Å²) in [5.41, 5.74) is 5.18. The molecule has 7 nitrogen and oxygen atoms in total. The highest BCUT2D eigenvalue weighted by Gasteiger charge is 2.51. The van der Waals surface area contributed by atoms with E-state index in [1.807, 2.05) is 9.80 Å². The van der Waals surface area contributed by atoms with Crippen LogP contribution in [0.5, 0.6) is 0 Å². The SMILES string of the molecule is Nc1nc(N2CCC[C@@]3(CCN(C4CCC(O)CC4)C3=O)C2)ncc1F. The van der Waals surface area contributed by atoms with E-state index >= 15 is 0 Å². The third-order valence-corrected chi connectivity index (χ3v) is 6.27. The second-order valence-electron chi connectivity index (χ2n) is 7.92. The molecule has 0 aromatic carbocycles. The minimum Gasteiger partial charge on any atom is -0.393 e. The van der Waals surface area contributed by atoms with E-state index in [0.717, 1.165) is 64.2 Å². The minimum absolute atomic E-state index is 0.158. The molecule has 2 saturated heterocycles. The van der Waals surface area contributed by atoms with E-state index in [-0.39, 0.29) is 23.9 Å². The number of hydrogen-bond acceptors (Lipinski definition) is 6. The number of likely N-dealkylation sites (tertiary alicyclic amines) is 1. The van der Waals surface area contributed by atoms with E-state index in [0.29, 0.717) is 12.5 Å². The molecule has 142 valence electrons. The van der Waals surface area contributed by atoms with Crippen molar-refractivity contribution < 1.29 is 14.3 Å². The zero-order valence-electron chi connectivity index (χ0n) is 14.9. The zero-order chi connectivity index (χ0) is 18.3. The summed E-state index contributed by atoms with van der Waals surface area (Å²) in [7, 11) is 0. The van der Waals surface area contributed by atoms with Gasteiger partial charge in [0.2, 0.25) is 11.9 Å². The summed E-state index contributed by atoms with van der Waals surface area (Å²) in [5, 5.41) is 9.72. The molecule has 1 aromatic rings. The summed E-state index contributed by atoms with van der Waals surface area (Å²) < 4.78 is 13.4. The first kappa shape index (κ1) is 17.5. The quantitative estimate of drug-likeness (QED) is 0.823. The average molecular weight is 363 g/mol. The standard InChI is InChI=1S/C18H26FN5O2/c19-14-10-21-17(22-15(14)20)23-8-1-6-18(11-23)7-9-24(16(18)26)12-2-4-13(25)5-3-12/h10,12-13,25H,1-9,11H2,(H2,20,21,22)/t12?,13?,18-/m1/s1. The van der Waals surface area contributed by atoms with Gasteiger partial charge in [0.25, 0.3) is 0 Å². The van der Waals surface area contributed by atoms with E-state index in [2.05, 4.69) is 9.97 Å². The largest absolute Gasteiger partial charge is 0.393 e. The highest BCUT2D eigenvalue weighted by molar-refractivity contribution is 5.86. The normalized spacial score (nSPS) is 32.5. The molecule has 1 amide bonds. The fourth-order valence-electron chi connectivity index (χ4n) is 4.77. The summed E-state index contributed by atoms with van der Waals surface area (Å²) in [4.78, 5) is 25.4. The van der Waals surface area contributed by atoms with Crippen molar-refractivity contribution in [3.8, 4) is 0 Å². The van der Waals surface area contributed by atoms with Crippen LogP contribution in [0.4, 0.5) is 16.2 Å². The number of carbonyl (C=O) groups is 1. The van der Waals surface area contributed by atoms with Gasteiger partial charge in [0.1, 0.15) is 0 Å². The molecule has 1 saturated carbocycles. The Hall–Kier alpha value is -1.96. The van der Waals surface area contributed by atoms with Gasteiger partial charge in [0.15, 0.2) is 11.6 Å². The van der Waals surface area contributed by atoms with Gasteiger partial charge < -0.3 is 20.6 Å². The lowest BCUT2D eigenvalue weighted by molar-refractivity contribution is -0.139. The molecule has 3 N–H and O–H groups in total. The molecule has 1 aliphatic carbocycles. The van der Waals surface area contributed by atoms with E-state index in [1.165, 1.54) is 0 Å². The Kier molecular flexibility index (Phi) is 4.46. The van der Waals surface area contributed by atoms with Crippen LogP contribution in [0.25, 0.3) is 0 Å². The maximum Gasteiger partial charge on any atom is 0.230 e. The Labute approximate surface area is 152 Å². The van der Waals surface area contributed by atoms with Crippen LogP contribution in [0.1, 0.15) is 44.9 Å². The highest BCUT2D eigenvalue weighted by atomic mass is 19.1. The lowest BCUT2D eigenvalue weighted by Gasteiger charge is -2.40. The van der Waals surface area contributed by atoms with E-state index in [1.54, 1.807) is 0 Å². The van der Waals surface area contributed by atoms with Crippen molar-refractivity contribution in [2.24, 2.45) is 5.41 Å². The van der Waals surface area contributed by atoms with Gasteiger partial charge in [-0.05, 0) is 44.9 Å². The van der Waals surface area contributed by atoms with E-state index in [4.69, 9.17) is 5.73 Å². The third-order valence-electron chi connectivity index (χ3n) is 6.27. The number of aromatic nitrogens is 2. The number of carbonyl (C=O) groups excluding carboxylic acids is 1. The molecule has 1 spiro atoms. The molecule has 3 heterocycles. The van der Waals surface area contributed by atoms with Crippen molar-refractivity contribution in [3.63, 3.8) is 0 Å². The molecule has 1 aromatic heterocycles. The highest BCUT2D eigenvalue weighted by Crippen LogP contribution is 2.43. The van der Waals surface area contributed by atoms with Crippen LogP contribution in [0, 0.1) is 11.2 Å². The second kappa shape index (κ2) is 6.64. The molecule has 0 unspecified atom stereocenters. The number of nitrogens with zero attached hydrogens (tertiary/aromatic N) is 4. The topological polar surface area (TPSA) is 95.6 Å². The molecule has 3 aliphatic rings. The average Bonchev–Trinajstić information content (AvgIpc) is 2.94. The zero-order valence-corrected chi connectivity index (χ0v) is 14.9. The number of halogens is 1. The summed E-state index contributed by atoms with van der Waals surface area (Å²) in [6.45, 7) is 2.08. The molecule has 1 atom stereocenters. The molecular weight excluding hydrogens is 337 g/mol. The van der Waals surface area contributed by atoms with Crippen LogP contribution < -0.4 is 10.6 Å². The fraction of sp³-hybridized carbons (Fsp3) is 0.722. The van der Waals surface area contributed by atoms with E-state index in [9.17, 15) is 14.3 Å². The predicted octanol–water partition coefficient (Wildman–Crippen LogP) is 1.32. The summed E-state index contributed by atoms with van der Waals surface area (Å²) in [6, 6.07) is 0.248. The van der Waals surface area contributed by atoms with Gasteiger partial charge >= 0.3 is 0 Å². The molecule has 3 fully saturated rings. The van der Waals surface area contributed by atoms with Gasteiger partial charge in [-0.1, -0.05) is 0 Å². The van der Waals surface area contributed by atoms with Crippen LogP contribution in [-0.4, -0.2) is 57.7 Å². The lowest BCUT2D eigenvalue weighted by atomic mass is 9.78. The first-order valence-corrected chi connectivity index (χ1v) is 9.51. The van der Waals surface area contributed by atoms with Gasteiger partial charge in [0.05, 0.1) is 17.7 Å². The van der Waals surface area contributed by atoms with Crippen molar-refractivity contribution in [1.29, 1.82) is 0 Å². The molecule has 4 rings (SSSR count). The number of nitrogen functional groups attached to an aromatic ring is 1. The van der Waals surface area contributed by atoms with Crippen molar-refractivity contribution >= 4 is 17.7 Å². The monoisotopic (exact) mass is 363 g/mol. The Morgan fingerprint density at radius 3 is 2.73 bits per heavy atom. The molecule has 0 radical (unpaired) electrons.